The average Bonchev–Trinajstić information content (AvgIpc) is 3.20. The summed E-state index contributed by atoms with van der Waals surface area (Å²) in [5.41, 5.74) is 0.990. The maximum atomic E-state index is 4.40. The van der Waals surface area contributed by atoms with Crippen molar-refractivity contribution in [2.24, 2.45) is 0 Å². The van der Waals surface area contributed by atoms with Crippen LogP contribution in [0.3, 0.4) is 0 Å². The van der Waals surface area contributed by atoms with Gasteiger partial charge in [0.05, 0.1) is 6.54 Å². The third-order valence-electron chi connectivity index (χ3n) is 3.22. The number of tetrazole rings is 1. The number of nitrogens with zero attached hydrogens (tertiary/aromatic N) is 4. The molecule has 3 rings (SSSR count). The van der Waals surface area contributed by atoms with E-state index in [0.717, 1.165) is 12.1 Å². The predicted octanol–water partition coefficient (Wildman–Crippen LogP) is 2.75. The van der Waals surface area contributed by atoms with E-state index in [1.165, 1.54) is 4.88 Å². The molecule has 0 amide bonds. The van der Waals surface area contributed by atoms with E-state index in [-0.39, 0.29) is 0 Å². The Morgan fingerprint density at radius 1 is 1.19 bits per heavy atom. The van der Waals surface area contributed by atoms with Crippen LogP contribution in [0.4, 0.5) is 0 Å². The topological polar surface area (TPSA) is 55.6 Å². The van der Waals surface area contributed by atoms with Gasteiger partial charge in [-0.05, 0) is 23.6 Å². The molecule has 0 spiro atoms. The third kappa shape index (κ3) is 3.53. The van der Waals surface area contributed by atoms with Gasteiger partial charge in [0, 0.05) is 23.0 Å². The van der Waals surface area contributed by atoms with E-state index in [4.69, 9.17) is 0 Å². The van der Waals surface area contributed by atoms with E-state index in [2.05, 4.69) is 45.2 Å². The van der Waals surface area contributed by atoms with Crippen LogP contribution < -0.4 is 5.32 Å². The van der Waals surface area contributed by atoms with Crippen LogP contribution in [-0.4, -0.2) is 26.8 Å². The first kappa shape index (κ1) is 13.9. The second-order valence-electron chi connectivity index (χ2n) is 4.77. The first-order valence-corrected chi connectivity index (χ1v) is 7.81. The zero-order chi connectivity index (χ0) is 14.5. The van der Waals surface area contributed by atoms with Crippen LogP contribution in [-0.2, 0) is 6.54 Å². The Hall–Kier alpha value is -2.05. The second-order valence-corrected chi connectivity index (χ2v) is 5.75. The fourth-order valence-electron chi connectivity index (χ4n) is 2.06. The van der Waals surface area contributed by atoms with Crippen molar-refractivity contribution in [2.75, 3.05) is 6.54 Å². The number of rotatable bonds is 6. The summed E-state index contributed by atoms with van der Waals surface area (Å²) in [6.07, 6.45) is 0. The molecular formula is C15H17N5S. The van der Waals surface area contributed by atoms with E-state index >= 15 is 0 Å². The van der Waals surface area contributed by atoms with Crippen LogP contribution in [0, 0.1) is 0 Å². The second kappa shape index (κ2) is 6.60. The molecule has 0 saturated heterocycles. The number of hydrogen-bond donors (Lipinski definition) is 1. The van der Waals surface area contributed by atoms with Crippen LogP contribution in [0.25, 0.3) is 11.4 Å². The smallest absolute Gasteiger partial charge is 0.204 e. The zero-order valence-electron chi connectivity index (χ0n) is 11.8. The highest BCUT2D eigenvalue weighted by Gasteiger charge is 2.07. The summed E-state index contributed by atoms with van der Waals surface area (Å²) in [6, 6.07) is 14.5. The lowest BCUT2D eigenvalue weighted by molar-refractivity contribution is 0.467. The van der Waals surface area contributed by atoms with Gasteiger partial charge < -0.3 is 5.32 Å². The van der Waals surface area contributed by atoms with E-state index in [1.807, 2.05) is 30.3 Å². The van der Waals surface area contributed by atoms with Crippen molar-refractivity contribution < 1.29 is 0 Å². The minimum Gasteiger partial charge on any atom is -0.308 e. The first-order valence-electron chi connectivity index (χ1n) is 6.93. The van der Waals surface area contributed by atoms with Crippen molar-refractivity contribution in [1.29, 1.82) is 0 Å². The van der Waals surface area contributed by atoms with Crippen LogP contribution in [0.1, 0.15) is 17.8 Å². The number of hydrogen-bond acceptors (Lipinski definition) is 5. The molecule has 1 N–H and O–H groups in total. The van der Waals surface area contributed by atoms with Crippen molar-refractivity contribution in [1.82, 2.24) is 25.5 Å². The lowest BCUT2D eigenvalue weighted by Crippen LogP contribution is -2.23. The molecule has 2 aromatic heterocycles. The monoisotopic (exact) mass is 299 g/mol. The maximum absolute atomic E-state index is 4.40. The Kier molecular flexibility index (Phi) is 4.37. The normalized spacial score (nSPS) is 12.4. The molecule has 0 aliphatic heterocycles. The number of thiophene rings is 1. The molecule has 1 aromatic carbocycles. The number of aromatic nitrogens is 4. The van der Waals surface area contributed by atoms with Gasteiger partial charge in [-0.1, -0.05) is 36.4 Å². The molecule has 1 atom stereocenters. The molecular weight excluding hydrogens is 282 g/mol. The van der Waals surface area contributed by atoms with Gasteiger partial charge in [-0.25, -0.2) is 0 Å². The van der Waals surface area contributed by atoms with Gasteiger partial charge in [0.1, 0.15) is 0 Å². The zero-order valence-corrected chi connectivity index (χ0v) is 12.6. The fraction of sp³-hybridized carbons (Fsp3) is 0.267. The van der Waals surface area contributed by atoms with Crippen molar-refractivity contribution in [3.05, 3.63) is 52.7 Å². The molecule has 0 saturated carbocycles. The Labute approximate surface area is 127 Å². The maximum Gasteiger partial charge on any atom is 0.204 e. The molecule has 0 aliphatic carbocycles. The van der Waals surface area contributed by atoms with Gasteiger partial charge in [-0.3, -0.25) is 0 Å². The van der Waals surface area contributed by atoms with Crippen LogP contribution >= 0.6 is 11.3 Å². The Bertz CT molecular complexity index is 662. The summed E-state index contributed by atoms with van der Waals surface area (Å²) in [5, 5.41) is 18.1. The van der Waals surface area contributed by atoms with Gasteiger partial charge in [0.15, 0.2) is 0 Å². The SMILES string of the molecule is CC(NCCn1nnc(-c2ccccc2)n1)c1cccs1. The Balaban J connectivity index is 1.54. The fourth-order valence-corrected chi connectivity index (χ4v) is 2.82. The molecule has 0 aliphatic rings. The molecule has 3 aromatic rings. The van der Waals surface area contributed by atoms with Gasteiger partial charge >= 0.3 is 0 Å². The van der Waals surface area contributed by atoms with Crippen molar-refractivity contribution in [3.63, 3.8) is 0 Å². The third-order valence-corrected chi connectivity index (χ3v) is 4.27. The molecule has 1 unspecified atom stereocenters. The molecule has 2 heterocycles. The van der Waals surface area contributed by atoms with Gasteiger partial charge in [0.25, 0.3) is 0 Å². The quantitative estimate of drug-likeness (QED) is 0.760. The lowest BCUT2D eigenvalue weighted by atomic mass is 10.2. The predicted molar refractivity (Wildman–Crippen MR) is 84.0 cm³/mol. The number of benzene rings is 1. The van der Waals surface area contributed by atoms with Crippen LogP contribution in [0.5, 0.6) is 0 Å². The molecule has 0 fully saturated rings. The van der Waals surface area contributed by atoms with Gasteiger partial charge in [-0.2, -0.15) is 4.80 Å². The van der Waals surface area contributed by atoms with Crippen LogP contribution in [0.15, 0.2) is 47.8 Å². The first-order chi connectivity index (χ1) is 10.3. The summed E-state index contributed by atoms with van der Waals surface area (Å²) in [5.74, 6) is 0.668. The van der Waals surface area contributed by atoms with Crippen molar-refractivity contribution in [2.45, 2.75) is 19.5 Å². The van der Waals surface area contributed by atoms with Crippen LogP contribution in [0.2, 0.25) is 0 Å². The average molecular weight is 299 g/mol. The Morgan fingerprint density at radius 3 is 2.81 bits per heavy atom. The standard InChI is InChI=1S/C15H17N5S/c1-12(14-8-5-11-21-14)16-9-10-20-18-15(17-19-20)13-6-3-2-4-7-13/h2-8,11-12,16H,9-10H2,1H3. The number of nitrogens with one attached hydrogen (secondary N) is 1. The van der Waals surface area contributed by atoms with Crippen molar-refractivity contribution in [3.8, 4) is 11.4 Å². The molecule has 108 valence electrons. The highest BCUT2D eigenvalue weighted by Crippen LogP contribution is 2.17. The van der Waals surface area contributed by atoms with E-state index in [9.17, 15) is 0 Å². The minimum absolute atomic E-state index is 0.349. The summed E-state index contributed by atoms with van der Waals surface area (Å²) < 4.78 is 0. The van der Waals surface area contributed by atoms with Gasteiger partial charge in [0.2, 0.25) is 5.82 Å². The largest absolute Gasteiger partial charge is 0.308 e. The minimum atomic E-state index is 0.349. The van der Waals surface area contributed by atoms with E-state index in [0.29, 0.717) is 18.4 Å². The van der Waals surface area contributed by atoms with E-state index < -0.39 is 0 Å². The summed E-state index contributed by atoms with van der Waals surface area (Å²) in [7, 11) is 0. The summed E-state index contributed by atoms with van der Waals surface area (Å²) >= 11 is 1.77. The van der Waals surface area contributed by atoms with E-state index in [1.54, 1.807) is 16.1 Å². The molecule has 6 heteroatoms. The molecule has 5 nitrogen and oxygen atoms in total. The molecule has 0 radical (unpaired) electrons. The summed E-state index contributed by atoms with van der Waals surface area (Å²) in [6.45, 7) is 3.68. The molecule has 0 bridgehead atoms. The Morgan fingerprint density at radius 2 is 2.05 bits per heavy atom. The highest BCUT2D eigenvalue weighted by atomic mass is 32.1. The molecule has 21 heavy (non-hydrogen) atoms. The summed E-state index contributed by atoms with van der Waals surface area (Å²) in [4.78, 5) is 2.97. The van der Waals surface area contributed by atoms with Gasteiger partial charge in [-0.15, -0.1) is 21.5 Å². The lowest BCUT2D eigenvalue weighted by Gasteiger charge is -2.11. The highest BCUT2D eigenvalue weighted by molar-refractivity contribution is 7.10. The van der Waals surface area contributed by atoms with Crippen molar-refractivity contribution >= 4 is 11.3 Å².